The van der Waals surface area contributed by atoms with E-state index in [2.05, 4.69) is 18.8 Å². The molecule has 0 atom stereocenters. The topological polar surface area (TPSA) is 47.0 Å². The van der Waals surface area contributed by atoms with Gasteiger partial charge in [0.05, 0.1) is 15.3 Å². The van der Waals surface area contributed by atoms with E-state index in [1.54, 1.807) is 17.4 Å². The zero-order valence-electron chi connectivity index (χ0n) is 14.8. The molecule has 0 bridgehead atoms. The number of hydrogen-bond donors (Lipinski definition) is 0. The molecular formula is C22H15NO2S2. The van der Waals surface area contributed by atoms with Crippen molar-refractivity contribution in [3.05, 3.63) is 69.0 Å². The molecule has 0 aliphatic heterocycles. The first-order chi connectivity index (χ1) is 13.0. The molecule has 0 saturated carbocycles. The fraction of sp³-hybridized carbons (Fsp3) is 0.136. The SMILES string of the molecule is CC(C)c1nc2sc(C=C3C(=O)c4cc5ccccc5cc4C3=O)cc2s1. The first-order valence-electron chi connectivity index (χ1n) is 8.75. The van der Waals surface area contributed by atoms with E-state index in [1.165, 1.54) is 11.3 Å². The molecule has 2 heterocycles. The Hall–Kier alpha value is -2.63. The van der Waals surface area contributed by atoms with E-state index in [9.17, 15) is 9.59 Å². The van der Waals surface area contributed by atoms with E-state index in [4.69, 9.17) is 0 Å². The summed E-state index contributed by atoms with van der Waals surface area (Å²) in [5, 5.41) is 3.06. The third-order valence-corrected chi connectivity index (χ3v) is 7.18. The molecule has 0 unspecified atom stereocenters. The molecule has 27 heavy (non-hydrogen) atoms. The number of benzene rings is 2. The minimum atomic E-state index is -0.187. The number of fused-ring (bicyclic) bond motifs is 3. The molecule has 1 aliphatic carbocycles. The van der Waals surface area contributed by atoms with Gasteiger partial charge in [0, 0.05) is 21.9 Å². The number of carbonyl (C=O) groups excluding carboxylic acids is 2. The first-order valence-corrected chi connectivity index (χ1v) is 10.4. The van der Waals surface area contributed by atoms with Crippen molar-refractivity contribution >= 4 is 60.6 Å². The van der Waals surface area contributed by atoms with E-state index >= 15 is 0 Å². The van der Waals surface area contributed by atoms with Crippen molar-refractivity contribution in [3.8, 4) is 0 Å². The Balaban J connectivity index is 1.58. The molecule has 0 amide bonds. The van der Waals surface area contributed by atoms with Gasteiger partial charge < -0.3 is 0 Å². The van der Waals surface area contributed by atoms with Crippen molar-refractivity contribution in [1.82, 2.24) is 4.98 Å². The molecule has 0 spiro atoms. The van der Waals surface area contributed by atoms with Crippen LogP contribution in [0.3, 0.4) is 0 Å². The van der Waals surface area contributed by atoms with E-state index in [1.807, 2.05) is 42.5 Å². The van der Waals surface area contributed by atoms with Gasteiger partial charge in [-0.3, -0.25) is 9.59 Å². The van der Waals surface area contributed by atoms with Gasteiger partial charge in [0.1, 0.15) is 4.83 Å². The van der Waals surface area contributed by atoms with Crippen LogP contribution >= 0.6 is 22.7 Å². The van der Waals surface area contributed by atoms with Crippen LogP contribution in [0.2, 0.25) is 0 Å². The van der Waals surface area contributed by atoms with Crippen LogP contribution in [0.25, 0.3) is 26.4 Å². The summed E-state index contributed by atoms with van der Waals surface area (Å²) in [5.41, 5.74) is 1.25. The van der Waals surface area contributed by atoms with Crippen LogP contribution in [-0.2, 0) is 0 Å². The molecule has 132 valence electrons. The number of carbonyl (C=O) groups is 2. The quantitative estimate of drug-likeness (QED) is 0.307. The Morgan fingerprint density at radius 2 is 1.56 bits per heavy atom. The Bertz CT molecular complexity index is 1200. The summed E-state index contributed by atoms with van der Waals surface area (Å²) in [6.45, 7) is 4.25. The van der Waals surface area contributed by atoms with Gasteiger partial charge in [-0.15, -0.1) is 22.7 Å². The number of thiazole rings is 1. The highest BCUT2D eigenvalue weighted by molar-refractivity contribution is 7.27. The molecule has 4 aromatic rings. The number of thiophene rings is 1. The van der Waals surface area contributed by atoms with Crippen LogP contribution in [0.5, 0.6) is 0 Å². The number of ketones is 2. The second-order valence-electron chi connectivity index (χ2n) is 6.99. The summed E-state index contributed by atoms with van der Waals surface area (Å²) in [5.74, 6) is 0.0275. The second-order valence-corrected chi connectivity index (χ2v) is 9.11. The molecule has 5 heteroatoms. The second kappa shape index (κ2) is 5.94. The van der Waals surface area contributed by atoms with Crippen molar-refractivity contribution in [1.29, 1.82) is 0 Å². The molecule has 0 N–H and O–H groups in total. The van der Waals surface area contributed by atoms with Gasteiger partial charge in [-0.2, -0.15) is 0 Å². The Kier molecular flexibility index (Phi) is 3.64. The monoisotopic (exact) mass is 389 g/mol. The Labute approximate surface area is 164 Å². The summed E-state index contributed by atoms with van der Waals surface area (Å²) in [7, 11) is 0. The zero-order valence-corrected chi connectivity index (χ0v) is 16.4. The van der Waals surface area contributed by atoms with Crippen LogP contribution in [0.15, 0.2) is 48.0 Å². The molecule has 0 saturated heterocycles. The fourth-order valence-electron chi connectivity index (χ4n) is 3.37. The van der Waals surface area contributed by atoms with E-state index < -0.39 is 0 Å². The third kappa shape index (κ3) is 2.58. The highest BCUT2D eigenvalue weighted by Crippen LogP contribution is 2.36. The Morgan fingerprint density at radius 1 is 0.926 bits per heavy atom. The lowest BCUT2D eigenvalue weighted by Gasteiger charge is -2.00. The van der Waals surface area contributed by atoms with Gasteiger partial charge >= 0.3 is 0 Å². The lowest BCUT2D eigenvalue weighted by molar-refractivity contribution is 0.0990. The normalized spacial score (nSPS) is 14.0. The van der Waals surface area contributed by atoms with Gasteiger partial charge in [-0.25, -0.2) is 4.98 Å². The Morgan fingerprint density at radius 3 is 2.11 bits per heavy atom. The molecule has 5 rings (SSSR count). The van der Waals surface area contributed by atoms with Gasteiger partial charge in [-0.1, -0.05) is 38.1 Å². The van der Waals surface area contributed by atoms with Crippen LogP contribution < -0.4 is 0 Å². The maximum atomic E-state index is 12.9. The number of rotatable bonds is 2. The molecule has 3 nitrogen and oxygen atoms in total. The smallest absolute Gasteiger partial charge is 0.197 e. The van der Waals surface area contributed by atoms with E-state index in [0.717, 1.165) is 30.2 Å². The minimum absolute atomic E-state index is 0.187. The van der Waals surface area contributed by atoms with E-state index in [0.29, 0.717) is 17.0 Å². The average Bonchev–Trinajstić information content (AvgIpc) is 3.28. The molecule has 2 aromatic heterocycles. The number of hydrogen-bond acceptors (Lipinski definition) is 5. The lowest BCUT2D eigenvalue weighted by atomic mass is 10.0. The highest BCUT2D eigenvalue weighted by Gasteiger charge is 2.33. The maximum absolute atomic E-state index is 12.9. The van der Waals surface area contributed by atoms with Crippen LogP contribution in [0.4, 0.5) is 0 Å². The predicted octanol–water partition coefficient (Wildman–Crippen LogP) is 6.10. The molecule has 1 aliphatic rings. The average molecular weight is 390 g/mol. The fourth-order valence-corrected chi connectivity index (χ4v) is 5.55. The van der Waals surface area contributed by atoms with E-state index in [-0.39, 0.29) is 17.1 Å². The molecule has 0 fully saturated rings. The highest BCUT2D eigenvalue weighted by atomic mass is 32.1. The number of nitrogens with zero attached hydrogens (tertiary/aromatic N) is 1. The largest absolute Gasteiger partial charge is 0.288 e. The molecule has 2 aromatic carbocycles. The maximum Gasteiger partial charge on any atom is 0.197 e. The molecular weight excluding hydrogens is 374 g/mol. The molecule has 0 radical (unpaired) electrons. The first kappa shape index (κ1) is 16.5. The summed E-state index contributed by atoms with van der Waals surface area (Å²) in [6.07, 6.45) is 1.73. The summed E-state index contributed by atoms with van der Waals surface area (Å²) in [4.78, 5) is 32.2. The predicted molar refractivity (Wildman–Crippen MR) is 112 cm³/mol. The summed E-state index contributed by atoms with van der Waals surface area (Å²) in [6, 6.07) is 13.5. The van der Waals surface area contributed by atoms with Crippen LogP contribution in [0, 0.1) is 0 Å². The van der Waals surface area contributed by atoms with Crippen molar-refractivity contribution in [2.75, 3.05) is 0 Å². The lowest BCUT2D eigenvalue weighted by Crippen LogP contribution is -1.99. The van der Waals surface area contributed by atoms with Crippen molar-refractivity contribution in [3.63, 3.8) is 0 Å². The van der Waals surface area contributed by atoms with Crippen LogP contribution in [-0.4, -0.2) is 16.6 Å². The summed E-state index contributed by atoms with van der Waals surface area (Å²) < 4.78 is 1.11. The number of aromatic nitrogens is 1. The van der Waals surface area contributed by atoms with Gasteiger partial charge in [0.15, 0.2) is 11.6 Å². The number of allylic oxidation sites excluding steroid dienone is 1. The number of Topliss-reactive ketones (excluding diaryl/α,β-unsaturated/α-hetero) is 2. The minimum Gasteiger partial charge on any atom is -0.288 e. The third-order valence-electron chi connectivity index (χ3n) is 4.77. The van der Waals surface area contributed by atoms with Crippen molar-refractivity contribution < 1.29 is 9.59 Å². The van der Waals surface area contributed by atoms with Gasteiger partial charge in [-0.05, 0) is 35.0 Å². The van der Waals surface area contributed by atoms with Gasteiger partial charge in [0.2, 0.25) is 0 Å². The van der Waals surface area contributed by atoms with Crippen molar-refractivity contribution in [2.24, 2.45) is 0 Å². The summed E-state index contributed by atoms with van der Waals surface area (Å²) >= 11 is 3.20. The zero-order chi connectivity index (χ0) is 18.7. The van der Waals surface area contributed by atoms with Crippen molar-refractivity contribution in [2.45, 2.75) is 19.8 Å². The van der Waals surface area contributed by atoms with Crippen LogP contribution in [0.1, 0.15) is 50.4 Å². The standard InChI is InChI=1S/C22H15NO2S2/c1-11(2)21-23-22-18(27-21)10-14(26-22)9-17-19(24)15-7-12-5-3-4-6-13(12)8-16(15)20(17)25/h3-11H,1-2H3. The van der Waals surface area contributed by atoms with Gasteiger partial charge in [0.25, 0.3) is 0 Å².